The van der Waals surface area contributed by atoms with E-state index in [1.54, 1.807) is 0 Å². The number of ether oxygens (including phenoxy) is 2. The highest BCUT2D eigenvalue weighted by molar-refractivity contribution is 5.78. The Hall–Kier alpha value is -0.650. The van der Waals surface area contributed by atoms with E-state index < -0.39 is 0 Å². The average molecular weight is 254 g/mol. The van der Waals surface area contributed by atoms with E-state index in [1.165, 1.54) is 0 Å². The van der Waals surface area contributed by atoms with Crippen LogP contribution in [0.2, 0.25) is 0 Å². The summed E-state index contributed by atoms with van der Waals surface area (Å²) in [4.78, 5) is 11.6. The molecule has 2 saturated carbocycles. The Balaban J connectivity index is 1.36. The fraction of sp³-hybridized carbons (Fsp3) is 0.923. The first-order chi connectivity index (χ1) is 8.76. The summed E-state index contributed by atoms with van der Waals surface area (Å²) in [5.41, 5.74) is 0. The van der Waals surface area contributed by atoms with Crippen molar-refractivity contribution in [2.75, 3.05) is 19.8 Å². The molecule has 5 heteroatoms. The zero-order valence-electron chi connectivity index (χ0n) is 10.7. The van der Waals surface area contributed by atoms with Crippen LogP contribution in [0.5, 0.6) is 0 Å². The number of carbonyl (C=O) groups is 1. The standard InChI is InChI=1S/C13H22N2O3/c16-12(15-11-1-2-11)9-14-10-3-5-13(6-4-10)17-7-8-18-13/h10-11,14H,1-9H2,(H,15,16). The van der Waals surface area contributed by atoms with Crippen molar-refractivity contribution in [2.45, 2.75) is 56.4 Å². The first-order valence-electron chi connectivity index (χ1n) is 7.06. The molecule has 0 radical (unpaired) electrons. The lowest BCUT2D eigenvalue weighted by Gasteiger charge is -2.35. The second-order valence-electron chi connectivity index (χ2n) is 5.60. The summed E-state index contributed by atoms with van der Waals surface area (Å²) in [6.45, 7) is 1.89. The number of nitrogens with one attached hydrogen (secondary N) is 2. The van der Waals surface area contributed by atoms with Gasteiger partial charge in [0.1, 0.15) is 0 Å². The van der Waals surface area contributed by atoms with Crippen molar-refractivity contribution in [1.29, 1.82) is 0 Å². The Morgan fingerprint density at radius 3 is 2.33 bits per heavy atom. The van der Waals surface area contributed by atoms with Crippen molar-refractivity contribution < 1.29 is 14.3 Å². The van der Waals surface area contributed by atoms with Gasteiger partial charge in [-0.05, 0) is 25.7 Å². The van der Waals surface area contributed by atoms with Gasteiger partial charge in [-0.15, -0.1) is 0 Å². The van der Waals surface area contributed by atoms with E-state index in [-0.39, 0.29) is 11.7 Å². The summed E-state index contributed by atoms with van der Waals surface area (Å²) in [6, 6.07) is 0.877. The highest BCUT2D eigenvalue weighted by Crippen LogP contribution is 2.35. The molecule has 2 aliphatic carbocycles. The van der Waals surface area contributed by atoms with Crippen LogP contribution in [0, 0.1) is 0 Å². The number of carbonyl (C=O) groups excluding carboxylic acids is 1. The van der Waals surface area contributed by atoms with Gasteiger partial charge in [0, 0.05) is 24.9 Å². The maximum Gasteiger partial charge on any atom is 0.234 e. The molecule has 0 aromatic carbocycles. The van der Waals surface area contributed by atoms with Crippen LogP contribution in [-0.4, -0.2) is 43.5 Å². The van der Waals surface area contributed by atoms with Gasteiger partial charge in [0.15, 0.2) is 5.79 Å². The van der Waals surface area contributed by atoms with Gasteiger partial charge in [-0.3, -0.25) is 4.79 Å². The molecule has 102 valence electrons. The molecule has 0 bridgehead atoms. The van der Waals surface area contributed by atoms with Gasteiger partial charge < -0.3 is 20.1 Å². The Bertz CT molecular complexity index is 301. The molecule has 3 rings (SSSR count). The van der Waals surface area contributed by atoms with E-state index >= 15 is 0 Å². The van der Waals surface area contributed by atoms with Crippen molar-refractivity contribution in [3.63, 3.8) is 0 Å². The Morgan fingerprint density at radius 2 is 1.72 bits per heavy atom. The molecular weight excluding hydrogens is 232 g/mol. The van der Waals surface area contributed by atoms with Gasteiger partial charge in [0.2, 0.25) is 5.91 Å². The maximum atomic E-state index is 11.6. The van der Waals surface area contributed by atoms with Crippen LogP contribution in [0.15, 0.2) is 0 Å². The van der Waals surface area contributed by atoms with E-state index in [0.29, 0.717) is 18.6 Å². The van der Waals surface area contributed by atoms with Crippen LogP contribution in [0.4, 0.5) is 0 Å². The van der Waals surface area contributed by atoms with Crippen molar-refractivity contribution >= 4 is 5.91 Å². The van der Waals surface area contributed by atoms with E-state index in [2.05, 4.69) is 10.6 Å². The van der Waals surface area contributed by atoms with Crippen LogP contribution < -0.4 is 10.6 Å². The third-order valence-corrected chi connectivity index (χ3v) is 4.05. The molecule has 2 N–H and O–H groups in total. The summed E-state index contributed by atoms with van der Waals surface area (Å²) < 4.78 is 11.4. The molecule has 1 saturated heterocycles. The molecule has 1 heterocycles. The molecular formula is C13H22N2O3. The quantitative estimate of drug-likeness (QED) is 0.769. The second kappa shape index (κ2) is 5.15. The molecule has 1 amide bonds. The first-order valence-corrected chi connectivity index (χ1v) is 7.06. The third-order valence-electron chi connectivity index (χ3n) is 4.05. The lowest BCUT2D eigenvalue weighted by Crippen LogP contribution is -2.45. The van der Waals surface area contributed by atoms with E-state index in [4.69, 9.17) is 9.47 Å². The average Bonchev–Trinajstić information content (AvgIpc) is 3.08. The minimum atomic E-state index is -0.297. The molecule has 1 aliphatic heterocycles. The molecule has 3 fully saturated rings. The Morgan fingerprint density at radius 1 is 1.06 bits per heavy atom. The summed E-state index contributed by atoms with van der Waals surface area (Å²) in [7, 11) is 0. The van der Waals surface area contributed by atoms with Gasteiger partial charge >= 0.3 is 0 Å². The molecule has 5 nitrogen and oxygen atoms in total. The molecule has 18 heavy (non-hydrogen) atoms. The fourth-order valence-electron chi connectivity index (χ4n) is 2.79. The summed E-state index contributed by atoms with van der Waals surface area (Å²) >= 11 is 0. The van der Waals surface area contributed by atoms with Crippen molar-refractivity contribution in [1.82, 2.24) is 10.6 Å². The summed E-state index contributed by atoms with van der Waals surface area (Å²) in [5.74, 6) is -0.166. The lowest BCUT2D eigenvalue weighted by atomic mass is 9.90. The fourth-order valence-corrected chi connectivity index (χ4v) is 2.79. The maximum absolute atomic E-state index is 11.6. The van der Waals surface area contributed by atoms with Gasteiger partial charge in [0.25, 0.3) is 0 Å². The van der Waals surface area contributed by atoms with Crippen LogP contribution in [0.25, 0.3) is 0 Å². The monoisotopic (exact) mass is 254 g/mol. The number of hydrogen-bond donors (Lipinski definition) is 2. The summed E-state index contributed by atoms with van der Waals surface area (Å²) in [6.07, 6.45) is 6.22. The number of hydrogen-bond acceptors (Lipinski definition) is 4. The SMILES string of the molecule is O=C(CNC1CCC2(CC1)OCCO2)NC1CC1. The van der Waals surface area contributed by atoms with Crippen LogP contribution in [0.1, 0.15) is 38.5 Å². The minimum Gasteiger partial charge on any atom is -0.352 e. The first kappa shape index (κ1) is 12.4. The van der Waals surface area contributed by atoms with E-state index in [0.717, 1.165) is 51.7 Å². The Labute approximate surface area is 108 Å². The molecule has 0 aromatic heterocycles. The smallest absolute Gasteiger partial charge is 0.234 e. The van der Waals surface area contributed by atoms with E-state index in [9.17, 15) is 4.79 Å². The number of rotatable bonds is 4. The molecule has 0 unspecified atom stereocenters. The van der Waals surface area contributed by atoms with Crippen molar-refractivity contribution in [3.05, 3.63) is 0 Å². The minimum absolute atomic E-state index is 0.131. The third kappa shape index (κ3) is 3.02. The highest BCUT2D eigenvalue weighted by Gasteiger charge is 2.40. The lowest BCUT2D eigenvalue weighted by molar-refractivity contribution is -0.179. The normalized spacial score (nSPS) is 27.6. The van der Waals surface area contributed by atoms with Gasteiger partial charge in [-0.25, -0.2) is 0 Å². The van der Waals surface area contributed by atoms with E-state index in [1.807, 2.05) is 0 Å². The topological polar surface area (TPSA) is 59.6 Å². The predicted molar refractivity (Wildman–Crippen MR) is 66.1 cm³/mol. The second-order valence-corrected chi connectivity index (χ2v) is 5.60. The molecule has 3 aliphatic rings. The molecule has 0 aromatic rings. The van der Waals surface area contributed by atoms with Crippen LogP contribution in [0.3, 0.4) is 0 Å². The van der Waals surface area contributed by atoms with Crippen LogP contribution >= 0.6 is 0 Å². The van der Waals surface area contributed by atoms with Gasteiger partial charge in [0.05, 0.1) is 19.8 Å². The van der Waals surface area contributed by atoms with Crippen LogP contribution in [-0.2, 0) is 14.3 Å². The largest absolute Gasteiger partial charge is 0.352 e. The predicted octanol–water partition coefficient (Wildman–Crippen LogP) is 0.540. The Kier molecular flexibility index (Phi) is 3.54. The van der Waals surface area contributed by atoms with Crippen molar-refractivity contribution in [3.8, 4) is 0 Å². The van der Waals surface area contributed by atoms with Gasteiger partial charge in [-0.1, -0.05) is 0 Å². The highest BCUT2D eigenvalue weighted by atomic mass is 16.7. The van der Waals surface area contributed by atoms with Gasteiger partial charge in [-0.2, -0.15) is 0 Å². The summed E-state index contributed by atoms with van der Waals surface area (Å²) in [5, 5.41) is 6.33. The van der Waals surface area contributed by atoms with Crippen molar-refractivity contribution in [2.24, 2.45) is 0 Å². The zero-order valence-corrected chi connectivity index (χ0v) is 10.7. The molecule has 0 atom stereocenters. The number of amides is 1. The molecule has 1 spiro atoms. The zero-order chi connectivity index (χ0) is 12.4.